The fourth-order valence-corrected chi connectivity index (χ4v) is 3.52. The van der Waals surface area contributed by atoms with E-state index in [0.29, 0.717) is 12.1 Å². The van der Waals surface area contributed by atoms with Gasteiger partial charge in [0.25, 0.3) is 0 Å². The highest BCUT2D eigenvalue weighted by atomic mass is 32.2. The smallest absolute Gasteiger partial charge is 0.160 e. The van der Waals surface area contributed by atoms with Gasteiger partial charge in [-0.2, -0.15) is 39.5 Å². The van der Waals surface area contributed by atoms with Crippen LogP contribution in [0.4, 0.5) is 39.5 Å². The molecule has 0 nitrogen and oxygen atoms in total. The zero-order valence-corrected chi connectivity index (χ0v) is 12.7. The molecule has 1 rings (SSSR count). The predicted octanol–water partition coefficient (Wildman–Crippen LogP) is 6.83. The molecule has 126 valence electrons. The van der Waals surface area contributed by atoms with E-state index in [2.05, 4.69) is 0 Å². The summed E-state index contributed by atoms with van der Waals surface area (Å²) in [5.41, 5.74) is -14.9. The van der Waals surface area contributed by atoms with Crippen molar-refractivity contribution < 1.29 is 39.5 Å². The Labute approximate surface area is 131 Å². The van der Waals surface area contributed by atoms with Crippen LogP contribution in [0.15, 0.2) is 26.8 Å². The van der Waals surface area contributed by atoms with Crippen LogP contribution in [-0.2, 0) is 0 Å². The summed E-state index contributed by atoms with van der Waals surface area (Å²) in [6.45, 7) is 0.990. The van der Waals surface area contributed by atoms with E-state index in [9.17, 15) is 39.5 Å². The molecule has 0 N–H and O–H groups in total. The first-order chi connectivity index (χ1) is 9.66. The third kappa shape index (κ3) is 7.27. The second kappa shape index (κ2) is 6.63. The summed E-state index contributed by atoms with van der Waals surface area (Å²) in [5.74, 6) is 0. The van der Waals surface area contributed by atoms with E-state index >= 15 is 0 Å². The lowest BCUT2D eigenvalue weighted by Gasteiger charge is -2.16. The van der Waals surface area contributed by atoms with Crippen molar-refractivity contribution in [3.63, 3.8) is 0 Å². The molecule has 0 aliphatic heterocycles. The van der Waals surface area contributed by atoms with Gasteiger partial charge in [0, 0.05) is 14.7 Å². The van der Waals surface area contributed by atoms with Gasteiger partial charge in [-0.15, -0.1) is 0 Å². The van der Waals surface area contributed by atoms with Gasteiger partial charge in [0.1, 0.15) is 0 Å². The fourth-order valence-electron chi connectivity index (χ4n) is 1.29. The highest BCUT2D eigenvalue weighted by Crippen LogP contribution is 2.48. The third-order valence-electron chi connectivity index (χ3n) is 1.97. The molecule has 0 aliphatic carbocycles. The second-order valence-electron chi connectivity index (χ2n) is 3.69. The molecule has 0 aliphatic rings. The number of hydrogen-bond donors (Lipinski definition) is 0. The first kappa shape index (κ1) is 19.7. The molecule has 0 aromatic heterocycles. The first-order valence-corrected chi connectivity index (χ1v) is 7.53. The largest absolute Gasteiger partial charge is 0.446 e. The van der Waals surface area contributed by atoms with Crippen molar-refractivity contribution >= 4 is 35.3 Å². The zero-order chi connectivity index (χ0) is 17.3. The molecule has 12 heteroatoms. The molecule has 0 saturated carbocycles. The Hall–Kier alpha value is -0.360. The maximum Gasteiger partial charge on any atom is 0.446 e. The minimum Gasteiger partial charge on any atom is -0.160 e. The highest BCUT2D eigenvalue weighted by molar-refractivity contribution is 8.01. The fraction of sp³-hybridized carbons (Fsp3) is 0.400. The summed E-state index contributed by atoms with van der Waals surface area (Å²) >= 11 is -2.28. The molecule has 0 atom stereocenters. The zero-order valence-electron chi connectivity index (χ0n) is 10.3. The lowest BCUT2D eigenvalue weighted by Crippen LogP contribution is -2.05. The maximum absolute atomic E-state index is 12.4. The number of alkyl halides is 9. The SMILES string of the molecule is Cc1c(SC(F)(F)F)cc(SC(F)(F)F)cc1SC(F)(F)F. The third-order valence-corrected chi connectivity index (χ3v) is 4.42. The van der Waals surface area contributed by atoms with Crippen LogP contribution in [0, 0.1) is 6.92 Å². The molecule has 0 fully saturated rings. The molecule has 0 radical (unpaired) electrons. The maximum atomic E-state index is 12.4. The number of benzene rings is 1. The van der Waals surface area contributed by atoms with Gasteiger partial charge in [-0.1, -0.05) is 0 Å². The summed E-state index contributed by atoms with van der Waals surface area (Å²) in [5, 5.41) is 0. The Morgan fingerprint density at radius 3 is 1.23 bits per heavy atom. The first-order valence-electron chi connectivity index (χ1n) is 5.08. The molecule has 0 amide bonds. The summed E-state index contributed by atoms with van der Waals surface area (Å²) in [6.07, 6.45) is 0. The Kier molecular flexibility index (Phi) is 5.94. The van der Waals surface area contributed by atoms with Gasteiger partial charge in [-0.25, -0.2) is 0 Å². The van der Waals surface area contributed by atoms with Gasteiger partial charge in [-0.05, 0) is 59.9 Å². The van der Waals surface area contributed by atoms with Crippen LogP contribution < -0.4 is 0 Å². The molecule has 22 heavy (non-hydrogen) atoms. The summed E-state index contributed by atoms with van der Waals surface area (Å²) in [6, 6.07) is 1.15. The molecule has 0 saturated heterocycles. The summed E-state index contributed by atoms with van der Waals surface area (Å²) < 4.78 is 111. The van der Waals surface area contributed by atoms with Crippen LogP contribution in [-0.4, -0.2) is 16.5 Å². The Morgan fingerprint density at radius 1 is 0.636 bits per heavy atom. The van der Waals surface area contributed by atoms with E-state index in [1.807, 2.05) is 0 Å². The molecule has 1 aromatic rings. The van der Waals surface area contributed by atoms with Gasteiger partial charge >= 0.3 is 16.5 Å². The second-order valence-corrected chi connectivity index (χ2v) is 7.04. The van der Waals surface area contributed by atoms with Crippen molar-refractivity contribution in [2.45, 2.75) is 38.1 Å². The summed E-state index contributed by atoms with van der Waals surface area (Å²) in [4.78, 5) is -2.14. The molecule has 0 spiro atoms. The van der Waals surface area contributed by atoms with E-state index in [1.165, 1.54) is 0 Å². The molecular weight excluding hydrogens is 387 g/mol. The van der Waals surface area contributed by atoms with Crippen LogP contribution in [0.1, 0.15) is 5.56 Å². The van der Waals surface area contributed by atoms with E-state index in [1.54, 1.807) is 0 Å². The van der Waals surface area contributed by atoms with E-state index < -0.39 is 66.5 Å². The van der Waals surface area contributed by atoms with Crippen molar-refractivity contribution in [3.8, 4) is 0 Å². The van der Waals surface area contributed by atoms with Crippen molar-refractivity contribution in [2.75, 3.05) is 0 Å². The molecule has 0 unspecified atom stereocenters. The predicted molar refractivity (Wildman–Crippen MR) is 66.9 cm³/mol. The van der Waals surface area contributed by atoms with Gasteiger partial charge in [0.15, 0.2) is 0 Å². The normalized spacial score (nSPS) is 13.5. The highest BCUT2D eigenvalue weighted by Gasteiger charge is 2.35. The van der Waals surface area contributed by atoms with Gasteiger partial charge in [0.05, 0.1) is 0 Å². The minimum atomic E-state index is -4.83. The Balaban J connectivity index is 3.30. The van der Waals surface area contributed by atoms with Gasteiger partial charge < -0.3 is 0 Å². The van der Waals surface area contributed by atoms with E-state index in [-0.39, 0.29) is 5.56 Å². The van der Waals surface area contributed by atoms with Crippen molar-refractivity contribution in [3.05, 3.63) is 17.7 Å². The molecule has 0 bridgehead atoms. The van der Waals surface area contributed by atoms with Crippen LogP contribution in [0.5, 0.6) is 0 Å². The van der Waals surface area contributed by atoms with Crippen LogP contribution >= 0.6 is 35.3 Å². The average Bonchev–Trinajstić information content (AvgIpc) is 2.18. The van der Waals surface area contributed by atoms with Crippen molar-refractivity contribution in [2.24, 2.45) is 0 Å². The average molecular weight is 392 g/mol. The summed E-state index contributed by atoms with van der Waals surface area (Å²) in [7, 11) is 0. The minimum absolute atomic E-state index is 0.379. The van der Waals surface area contributed by atoms with Gasteiger partial charge in [-0.3, -0.25) is 0 Å². The van der Waals surface area contributed by atoms with Crippen LogP contribution in [0.3, 0.4) is 0 Å². The lowest BCUT2D eigenvalue weighted by molar-refractivity contribution is -0.0334. The quantitative estimate of drug-likeness (QED) is 0.409. The Morgan fingerprint density at radius 2 is 0.955 bits per heavy atom. The lowest BCUT2D eigenvalue weighted by atomic mass is 10.2. The van der Waals surface area contributed by atoms with Crippen molar-refractivity contribution in [1.82, 2.24) is 0 Å². The number of halogens is 9. The number of hydrogen-bond acceptors (Lipinski definition) is 3. The van der Waals surface area contributed by atoms with Crippen molar-refractivity contribution in [1.29, 1.82) is 0 Å². The molecule has 0 heterocycles. The van der Waals surface area contributed by atoms with E-state index in [4.69, 9.17) is 0 Å². The van der Waals surface area contributed by atoms with Crippen LogP contribution in [0.25, 0.3) is 0 Å². The van der Waals surface area contributed by atoms with Gasteiger partial charge in [0.2, 0.25) is 0 Å². The van der Waals surface area contributed by atoms with E-state index in [0.717, 1.165) is 6.92 Å². The number of rotatable bonds is 3. The standard InChI is InChI=1S/C10H5F9S3/c1-4-6(21-9(14,15)16)2-5(20-8(11,12)13)3-7(4)22-10(17,18)19/h2-3H,1H3. The topological polar surface area (TPSA) is 0 Å². The monoisotopic (exact) mass is 392 g/mol. The molecule has 1 aromatic carbocycles. The Bertz CT molecular complexity index is 493. The van der Waals surface area contributed by atoms with Crippen LogP contribution in [0.2, 0.25) is 0 Å². The molecular formula is C10H5F9S3. The number of thioether (sulfide) groups is 3.